The minimum absolute atomic E-state index is 0.0187. The smallest absolute Gasteiger partial charge is 0.255 e. The quantitative estimate of drug-likeness (QED) is 0.264. The molecule has 2 atom stereocenters. The molecular weight excluding hydrogens is 516 g/mol. The molecule has 3 heterocycles. The van der Waals surface area contributed by atoms with Crippen molar-refractivity contribution in [1.29, 1.82) is 0 Å². The number of hydrogen-bond donors (Lipinski definition) is 1. The molecule has 0 aliphatic carbocycles. The minimum atomic E-state index is -2.10. The number of nitrogens with one attached hydrogen (secondary N) is 1. The van der Waals surface area contributed by atoms with Crippen LogP contribution >= 0.6 is 0 Å². The topological polar surface area (TPSA) is 85.2 Å². The van der Waals surface area contributed by atoms with Crippen LogP contribution in [0, 0.1) is 0 Å². The number of hydrogen-bond acceptors (Lipinski definition) is 7. The van der Waals surface area contributed by atoms with Gasteiger partial charge in [-0.15, -0.1) is 0 Å². The molecule has 0 spiro atoms. The lowest BCUT2D eigenvalue weighted by molar-refractivity contribution is 0.157. The Morgan fingerprint density at radius 2 is 1.65 bits per heavy atom. The van der Waals surface area contributed by atoms with E-state index in [1.165, 1.54) is 0 Å². The largest absolute Gasteiger partial charge is 0.410 e. The third-order valence-electron chi connectivity index (χ3n) is 7.90. The summed E-state index contributed by atoms with van der Waals surface area (Å²) in [5.41, 5.74) is 2.56. The molecule has 2 aromatic heterocycles. The molecule has 1 aliphatic rings. The monoisotopic (exact) mass is 554 g/mol. The summed E-state index contributed by atoms with van der Waals surface area (Å²) in [6, 6.07) is 23.5. The van der Waals surface area contributed by atoms with Crippen LogP contribution in [0.3, 0.4) is 0 Å². The molecule has 9 heteroatoms. The van der Waals surface area contributed by atoms with Gasteiger partial charge in [-0.05, 0) is 36.7 Å². The third kappa shape index (κ3) is 5.85. The Balaban J connectivity index is 1.54. The van der Waals surface area contributed by atoms with E-state index in [9.17, 15) is 4.79 Å². The zero-order valence-corrected chi connectivity index (χ0v) is 25.1. The first-order valence-electron chi connectivity index (χ1n) is 13.8. The molecule has 2 aromatic carbocycles. The standard InChI is InChI=1S/C31H38N6O2Si/c1-22(23-13-9-7-10-14-23)33-29-32-18-17-27(35-29)36-20-25(39-40(5,6)31(2,3)4)21-37-28(38)19-26(34-30(36)37)24-15-11-8-12-16-24/h7-19,22,25H,20-21H2,1-6H3,(H,32,33,35)/t22-,25?/m0/s1. The fraction of sp³-hybridized carbons (Fsp3) is 0.355. The summed E-state index contributed by atoms with van der Waals surface area (Å²) in [4.78, 5) is 29.9. The van der Waals surface area contributed by atoms with Crippen LogP contribution in [0.5, 0.6) is 0 Å². The Kier molecular flexibility index (Phi) is 7.61. The van der Waals surface area contributed by atoms with Gasteiger partial charge >= 0.3 is 0 Å². The maximum absolute atomic E-state index is 13.5. The van der Waals surface area contributed by atoms with Crippen LogP contribution in [-0.4, -0.2) is 40.5 Å². The Bertz CT molecular complexity index is 1520. The highest BCUT2D eigenvalue weighted by Gasteiger charge is 2.41. The lowest BCUT2D eigenvalue weighted by atomic mass is 10.1. The molecule has 0 saturated carbocycles. The fourth-order valence-corrected chi connectivity index (χ4v) is 5.96. The van der Waals surface area contributed by atoms with Gasteiger partial charge in [0.25, 0.3) is 5.56 Å². The normalized spacial score (nSPS) is 16.4. The SMILES string of the molecule is C[C@H](Nc1nccc(N2CC(O[Si](C)(C)C(C)(C)C)Cn3c2nc(-c2ccccc2)cc3=O)n1)c1ccccc1. The van der Waals surface area contributed by atoms with Crippen molar-refractivity contribution in [2.24, 2.45) is 0 Å². The van der Waals surface area contributed by atoms with E-state index in [4.69, 9.17) is 14.4 Å². The molecular formula is C31H38N6O2Si. The van der Waals surface area contributed by atoms with Crippen LogP contribution in [0.4, 0.5) is 17.7 Å². The number of anilines is 3. The molecule has 40 heavy (non-hydrogen) atoms. The zero-order chi connectivity index (χ0) is 28.5. The van der Waals surface area contributed by atoms with E-state index >= 15 is 0 Å². The summed E-state index contributed by atoms with van der Waals surface area (Å²) in [6.45, 7) is 14.2. The van der Waals surface area contributed by atoms with E-state index in [0.29, 0.717) is 36.5 Å². The molecule has 1 unspecified atom stereocenters. The number of benzene rings is 2. The lowest BCUT2D eigenvalue weighted by Gasteiger charge is -2.43. The van der Waals surface area contributed by atoms with Gasteiger partial charge in [0.05, 0.1) is 30.9 Å². The molecule has 208 valence electrons. The molecule has 1 aliphatic heterocycles. The van der Waals surface area contributed by atoms with Crippen molar-refractivity contribution in [3.8, 4) is 11.3 Å². The molecule has 4 aromatic rings. The average molecular weight is 555 g/mol. The summed E-state index contributed by atoms with van der Waals surface area (Å²) in [7, 11) is -2.10. The van der Waals surface area contributed by atoms with Crippen molar-refractivity contribution in [1.82, 2.24) is 19.5 Å². The van der Waals surface area contributed by atoms with Crippen molar-refractivity contribution < 1.29 is 4.43 Å². The van der Waals surface area contributed by atoms with Gasteiger partial charge in [0.1, 0.15) is 5.82 Å². The van der Waals surface area contributed by atoms with Gasteiger partial charge < -0.3 is 9.74 Å². The molecule has 0 saturated heterocycles. The van der Waals surface area contributed by atoms with Crippen molar-refractivity contribution in [2.75, 3.05) is 16.8 Å². The van der Waals surface area contributed by atoms with E-state index in [-0.39, 0.29) is 22.7 Å². The van der Waals surface area contributed by atoms with Crippen molar-refractivity contribution in [3.63, 3.8) is 0 Å². The molecule has 8 nitrogen and oxygen atoms in total. The fourth-order valence-electron chi connectivity index (χ4n) is 4.63. The first kappa shape index (κ1) is 27.7. The van der Waals surface area contributed by atoms with Crippen molar-refractivity contribution in [3.05, 3.63) is 94.9 Å². The number of aromatic nitrogens is 4. The maximum Gasteiger partial charge on any atom is 0.255 e. The summed E-state index contributed by atoms with van der Waals surface area (Å²) < 4.78 is 8.54. The number of fused-ring (bicyclic) bond motifs is 1. The Labute approximate surface area is 237 Å². The Morgan fingerprint density at radius 1 is 0.975 bits per heavy atom. The molecule has 5 rings (SSSR count). The molecule has 0 fully saturated rings. The van der Waals surface area contributed by atoms with Crippen molar-refractivity contribution in [2.45, 2.75) is 64.5 Å². The van der Waals surface area contributed by atoms with Gasteiger partial charge in [-0.2, -0.15) is 4.98 Å². The van der Waals surface area contributed by atoms with Crippen LogP contribution in [-0.2, 0) is 11.0 Å². The second-order valence-electron chi connectivity index (χ2n) is 11.9. The Morgan fingerprint density at radius 3 is 2.33 bits per heavy atom. The third-order valence-corrected chi connectivity index (χ3v) is 12.4. The Hall–Kier alpha value is -3.82. The molecule has 0 amide bonds. The van der Waals surface area contributed by atoms with Crippen molar-refractivity contribution >= 4 is 26.0 Å². The van der Waals surface area contributed by atoms with E-state index in [2.05, 4.69) is 63.2 Å². The van der Waals surface area contributed by atoms with Gasteiger partial charge in [-0.3, -0.25) is 14.3 Å². The first-order valence-corrected chi connectivity index (χ1v) is 16.7. The van der Waals surface area contributed by atoms with Crippen LogP contribution < -0.4 is 15.8 Å². The maximum atomic E-state index is 13.5. The van der Waals surface area contributed by atoms with Gasteiger partial charge in [0.15, 0.2) is 8.32 Å². The second-order valence-corrected chi connectivity index (χ2v) is 16.6. The van der Waals surface area contributed by atoms with E-state index in [1.807, 2.05) is 59.5 Å². The molecule has 0 bridgehead atoms. The number of nitrogens with zero attached hydrogens (tertiary/aromatic N) is 5. The number of rotatable bonds is 7. The predicted molar refractivity (Wildman–Crippen MR) is 164 cm³/mol. The highest BCUT2D eigenvalue weighted by Crippen LogP contribution is 2.39. The highest BCUT2D eigenvalue weighted by atomic mass is 28.4. The van der Waals surface area contributed by atoms with Crippen LogP contribution in [0.25, 0.3) is 11.3 Å². The van der Waals surface area contributed by atoms with Gasteiger partial charge in [-0.1, -0.05) is 81.4 Å². The molecule has 0 radical (unpaired) electrons. The first-order chi connectivity index (χ1) is 19.0. The highest BCUT2D eigenvalue weighted by molar-refractivity contribution is 6.74. The summed E-state index contributed by atoms with van der Waals surface area (Å²) in [5.74, 6) is 1.73. The van der Waals surface area contributed by atoms with E-state index in [1.54, 1.807) is 16.8 Å². The minimum Gasteiger partial charge on any atom is -0.410 e. The van der Waals surface area contributed by atoms with Crippen LogP contribution in [0.15, 0.2) is 83.8 Å². The molecule has 1 N–H and O–H groups in total. The predicted octanol–water partition coefficient (Wildman–Crippen LogP) is 6.42. The van der Waals surface area contributed by atoms with Gasteiger partial charge in [0.2, 0.25) is 11.9 Å². The van der Waals surface area contributed by atoms with E-state index < -0.39 is 8.32 Å². The summed E-state index contributed by atoms with van der Waals surface area (Å²) in [6.07, 6.45) is 1.55. The second kappa shape index (κ2) is 11.0. The van der Waals surface area contributed by atoms with Crippen LogP contribution in [0.1, 0.15) is 39.3 Å². The van der Waals surface area contributed by atoms with Gasteiger partial charge in [-0.25, -0.2) is 9.97 Å². The average Bonchev–Trinajstić information content (AvgIpc) is 2.93. The zero-order valence-electron chi connectivity index (χ0n) is 24.1. The van der Waals surface area contributed by atoms with Crippen LogP contribution in [0.2, 0.25) is 18.1 Å². The van der Waals surface area contributed by atoms with E-state index in [0.717, 1.165) is 11.1 Å². The lowest BCUT2D eigenvalue weighted by Crippen LogP contribution is -2.52. The van der Waals surface area contributed by atoms with Gasteiger partial charge in [0, 0.05) is 17.8 Å². The summed E-state index contributed by atoms with van der Waals surface area (Å²) in [5, 5.41) is 3.46. The summed E-state index contributed by atoms with van der Waals surface area (Å²) >= 11 is 0.